The summed E-state index contributed by atoms with van der Waals surface area (Å²) in [6.45, 7) is 5.79. The topological polar surface area (TPSA) is 40.6 Å². The number of hydrogen-bond acceptors (Lipinski definition) is 5. The van der Waals surface area contributed by atoms with Crippen LogP contribution < -0.4 is 15.0 Å². The summed E-state index contributed by atoms with van der Waals surface area (Å²) in [5, 5.41) is 3.98. The highest BCUT2D eigenvalue weighted by atomic mass is 19.1. The summed E-state index contributed by atoms with van der Waals surface area (Å²) < 4.78 is 19.9. The van der Waals surface area contributed by atoms with Crippen molar-refractivity contribution in [1.29, 1.82) is 0 Å². The van der Waals surface area contributed by atoms with E-state index in [0.29, 0.717) is 18.4 Å². The molecule has 1 N–H and O–H groups in total. The number of hydrogen-bond donors (Lipinski definition) is 1. The monoisotopic (exact) mass is 434 g/mol. The van der Waals surface area contributed by atoms with Crippen LogP contribution >= 0.6 is 0 Å². The molecule has 168 valence electrons. The van der Waals surface area contributed by atoms with Crippen molar-refractivity contribution in [3.8, 4) is 17.0 Å². The quantitative estimate of drug-likeness (QED) is 0.594. The molecule has 2 aliphatic heterocycles. The largest absolute Gasteiger partial charge is 0.492 e. The van der Waals surface area contributed by atoms with Gasteiger partial charge in [0.1, 0.15) is 18.2 Å². The number of nitrogens with zero attached hydrogens (tertiary/aromatic N) is 3. The molecule has 2 fully saturated rings. The van der Waals surface area contributed by atoms with Crippen molar-refractivity contribution in [3.63, 3.8) is 0 Å². The second kappa shape index (κ2) is 9.04. The van der Waals surface area contributed by atoms with Gasteiger partial charge in [-0.2, -0.15) is 0 Å². The van der Waals surface area contributed by atoms with Crippen molar-refractivity contribution in [2.24, 2.45) is 11.8 Å². The maximum Gasteiger partial charge on any atom is 0.124 e. The van der Waals surface area contributed by atoms with E-state index in [1.54, 1.807) is 12.1 Å². The van der Waals surface area contributed by atoms with Crippen molar-refractivity contribution in [2.45, 2.75) is 6.42 Å². The maximum atomic E-state index is 14.2. The van der Waals surface area contributed by atoms with Crippen LogP contribution in [0.1, 0.15) is 6.42 Å². The first-order valence-electron chi connectivity index (χ1n) is 11.5. The van der Waals surface area contributed by atoms with Gasteiger partial charge in [-0.1, -0.05) is 0 Å². The molecule has 2 aromatic carbocycles. The minimum absolute atomic E-state index is 0.215. The summed E-state index contributed by atoms with van der Waals surface area (Å²) >= 11 is 0. The first-order chi connectivity index (χ1) is 15.6. The Morgan fingerprint density at radius 3 is 2.69 bits per heavy atom. The normalized spacial score (nSPS) is 21.2. The molecule has 2 unspecified atom stereocenters. The van der Waals surface area contributed by atoms with E-state index in [1.165, 1.54) is 12.5 Å². The number of aromatic nitrogens is 1. The highest BCUT2D eigenvalue weighted by Gasteiger charge is 2.36. The van der Waals surface area contributed by atoms with Gasteiger partial charge < -0.3 is 19.9 Å². The average molecular weight is 435 g/mol. The molecule has 5 rings (SSSR count). The molecule has 0 aliphatic carbocycles. The van der Waals surface area contributed by atoms with E-state index in [1.807, 2.05) is 19.2 Å². The van der Waals surface area contributed by atoms with E-state index in [-0.39, 0.29) is 5.82 Å². The van der Waals surface area contributed by atoms with Gasteiger partial charge in [-0.3, -0.25) is 0 Å². The number of likely N-dealkylation sites (tertiary alicyclic amines) is 1. The Labute approximate surface area is 189 Å². The molecule has 0 bridgehead atoms. The second-order valence-corrected chi connectivity index (χ2v) is 9.14. The molecule has 0 radical (unpaired) electrons. The fourth-order valence-corrected chi connectivity index (χ4v) is 5.13. The number of ether oxygens (including phenoxy) is 1. The summed E-state index contributed by atoms with van der Waals surface area (Å²) in [6, 6.07) is 15.1. The average Bonchev–Trinajstić information content (AvgIpc) is 3.22. The summed E-state index contributed by atoms with van der Waals surface area (Å²) in [7, 11) is 4.12. The minimum Gasteiger partial charge on any atom is -0.492 e. The predicted molar refractivity (Wildman–Crippen MR) is 128 cm³/mol. The molecule has 5 nitrogen and oxygen atoms in total. The van der Waals surface area contributed by atoms with Gasteiger partial charge in [0.2, 0.25) is 0 Å². The fraction of sp³-hybridized carbons (Fsp3) is 0.423. The van der Waals surface area contributed by atoms with Gasteiger partial charge >= 0.3 is 0 Å². The van der Waals surface area contributed by atoms with Gasteiger partial charge in [0, 0.05) is 42.8 Å². The van der Waals surface area contributed by atoms with Crippen LogP contribution in [-0.4, -0.2) is 63.3 Å². The SMILES string of the molecule is CNCCOc1ccc(-c2cc(N3CC4CCN(C)CC4C3)c3cc(F)ccc3n2)cc1. The number of halogens is 1. The third kappa shape index (κ3) is 4.30. The van der Waals surface area contributed by atoms with Crippen LogP contribution in [0.5, 0.6) is 5.75 Å². The summed E-state index contributed by atoms with van der Waals surface area (Å²) in [5.41, 5.74) is 3.87. The first-order valence-corrected chi connectivity index (χ1v) is 11.5. The molecule has 0 spiro atoms. The van der Waals surface area contributed by atoms with Gasteiger partial charge in [-0.25, -0.2) is 9.37 Å². The van der Waals surface area contributed by atoms with Gasteiger partial charge in [-0.15, -0.1) is 0 Å². The number of piperidine rings is 1. The van der Waals surface area contributed by atoms with Crippen molar-refractivity contribution < 1.29 is 9.13 Å². The number of rotatable bonds is 6. The van der Waals surface area contributed by atoms with Gasteiger partial charge in [0.05, 0.1) is 11.2 Å². The van der Waals surface area contributed by atoms with E-state index in [4.69, 9.17) is 9.72 Å². The van der Waals surface area contributed by atoms with Crippen LogP contribution in [0.3, 0.4) is 0 Å². The predicted octanol–water partition coefficient (Wildman–Crippen LogP) is 4.03. The molecular weight excluding hydrogens is 403 g/mol. The van der Waals surface area contributed by atoms with E-state index in [9.17, 15) is 4.39 Å². The summed E-state index contributed by atoms with van der Waals surface area (Å²) in [4.78, 5) is 9.76. The zero-order valence-corrected chi connectivity index (χ0v) is 18.9. The summed E-state index contributed by atoms with van der Waals surface area (Å²) in [5.74, 6) is 2.01. The van der Waals surface area contributed by atoms with E-state index in [2.05, 4.69) is 40.4 Å². The lowest BCUT2D eigenvalue weighted by Crippen LogP contribution is -2.37. The number of fused-ring (bicyclic) bond motifs is 2. The Morgan fingerprint density at radius 2 is 1.88 bits per heavy atom. The van der Waals surface area contributed by atoms with Crippen molar-refractivity contribution in [1.82, 2.24) is 15.2 Å². The van der Waals surface area contributed by atoms with Gasteiger partial charge in [-0.05, 0) is 87.4 Å². The molecule has 0 saturated carbocycles. The summed E-state index contributed by atoms with van der Waals surface area (Å²) in [6.07, 6.45) is 1.23. The van der Waals surface area contributed by atoms with Crippen LogP contribution in [0.25, 0.3) is 22.2 Å². The minimum atomic E-state index is -0.215. The second-order valence-electron chi connectivity index (χ2n) is 9.14. The molecule has 3 heterocycles. The Morgan fingerprint density at radius 1 is 1.06 bits per heavy atom. The molecule has 6 heteroatoms. The molecular formula is C26H31FN4O. The molecule has 2 saturated heterocycles. The van der Waals surface area contributed by atoms with E-state index in [0.717, 1.165) is 66.3 Å². The number of anilines is 1. The van der Waals surface area contributed by atoms with Crippen LogP contribution in [0.2, 0.25) is 0 Å². The maximum absolute atomic E-state index is 14.2. The van der Waals surface area contributed by atoms with Crippen molar-refractivity contribution in [3.05, 3.63) is 54.3 Å². The lowest BCUT2D eigenvalue weighted by molar-refractivity contribution is 0.178. The van der Waals surface area contributed by atoms with Crippen molar-refractivity contribution >= 4 is 16.6 Å². The molecule has 2 aliphatic rings. The zero-order chi connectivity index (χ0) is 22.1. The standard InChI is InChI=1S/C26H31FN4O/c1-28-10-12-32-22-6-3-18(4-7-22)25-14-26(23-13-21(27)5-8-24(23)29-25)31-16-19-9-11-30(2)15-20(19)17-31/h3-8,13-14,19-20,28H,9-12,15-17H2,1-2H3. The third-order valence-electron chi connectivity index (χ3n) is 6.86. The number of nitrogens with one attached hydrogen (secondary N) is 1. The Bertz CT molecular complexity index is 1090. The Kier molecular flexibility index (Phi) is 5.98. The lowest BCUT2D eigenvalue weighted by Gasteiger charge is -2.31. The number of likely N-dealkylation sites (N-methyl/N-ethyl adjacent to an activating group) is 1. The first kappa shape index (κ1) is 21.2. The Hall–Kier alpha value is -2.70. The third-order valence-corrected chi connectivity index (χ3v) is 6.86. The van der Waals surface area contributed by atoms with Gasteiger partial charge in [0.25, 0.3) is 0 Å². The molecule has 0 amide bonds. The lowest BCUT2D eigenvalue weighted by atomic mass is 9.89. The molecule has 3 aromatic rings. The molecule has 1 aromatic heterocycles. The van der Waals surface area contributed by atoms with Crippen LogP contribution in [0, 0.1) is 17.7 Å². The van der Waals surface area contributed by atoms with E-state index < -0.39 is 0 Å². The number of pyridine rings is 1. The van der Waals surface area contributed by atoms with Gasteiger partial charge in [0.15, 0.2) is 0 Å². The Balaban J connectivity index is 1.48. The highest BCUT2D eigenvalue weighted by molar-refractivity contribution is 5.94. The van der Waals surface area contributed by atoms with Crippen LogP contribution in [0.4, 0.5) is 10.1 Å². The van der Waals surface area contributed by atoms with E-state index >= 15 is 0 Å². The van der Waals surface area contributed by atoms with Crippen LogP contribution in [0.15, 0.2) is 48.5 Å². The zero-order valence-electron chi connectivity index (χ0n) is 18.9. The molecule has 32 heavy (non-hydrogen) atoms. The highest BCUT2D eigenvalue weighted by Crippen LogP contribution is 2.38. The number of benzene rings is 2. The van der Waals surface area contributed by atoms with Crippen molar-refractivity contribution in [2.75, 3.05) is 58.3 Å². The smallest absolute Gasteiger partial charge is 0.124 e. The van der Waals surface area contributed by atoms with Crippen LogP contribution in [-0.2, 0) is 0 Å². The fourth-order valence-electron chi connectivity index (χ4n) is 5.13. The molecule has 2 atom stereocenters.